The number of aromatic nitrogens is 1. The number of unbranched alkanes of at least 4 members (excludes halogenated alkanes) is 2. The molecule has 0 bridgehead atoms. The number of hydrogen-bond donors (Lipinski definition) is 1. The van der Waals surface area contributed by atoms with Gasteiger partial charge in [0.15, 0.2) is 12.4 Å². The van der Waals surface area contributed by atoms with Gasteiger partial charge in [-0.1, -0.05) is 32.4 Å². The van der Waals surface area contributed by atoms with Crippen LogP contribution in [0, 0.1) is 0 Å². The lowest BCUT2D eigenvalue weighted by Crippen LogP contribution is -2.46. The minimum absolute atomic E-state index is 0.211. The van der Waals surface area contributed by atoms with Gasteiger partial charge in [0.1, 0.15) is 0 Å². The fourth-order valence-corrected chi connectivity index (χ4v) is 1.53. The van der Waals surface area contributed by atoms with E-state index >= 15 is 0 Å². The summed E-state index contributed by atoms with van der Waals surface area (Å²) >= 11 is 0. The highest BCUT2D eigenvalue weighted by atomic mass is 15.1. The number of nitrogens with one attached hydrogen (secondary N) is 1. The second kappa shape index (κ2) is 7.18. The van der Waals surface area contributed by atoms with Gasteiger partial charge in [0.25, 0.3) is 0 Å². The Morgan fingerprint density at radius 2 is 2.00 bits per heavy atom. The van der Waals surface area contributed by atoms with Crippen molar-refractivity contribution in [2.75, 3.05) is 6.54 Å². The van der Waals surface area contributed by atoms with Crippen LogP contribution in [0.15, 0.2) is 43.2 Å². The summed E-state index contributed by atoms with van der Waals surface area (Å²) < 4.78 is 2.12. The zero-order chi connectivity index (χ0) is 10.9. The monoisotopic (exact) mass is 205 g/mol. The summed E-state index contributed by atoms with van der Waals surface area (Å²) in [6.07, 6.45) is 10.0. The Morgan fingerprint density at radius 1 is 1.27 bits per heavy atom. The molecule has 1 N–H and O–H groups in total. The third kappa shape index (κ3) is 4.26. The first-order valence-corrected chi connectivity index (χ1v) is 5.70. The molecule has 0 saturated heterocycles. The molecule has 1 aromatic heterocycles. The molecular weight excluding hydrogens is 184 g/mol. The summed E-state index contributed by atoms with van der Waals surface area (Å²) in [5.41, 5.74) is 0. The summed E-state index contributed by atoms with van der Waals surface area (Å²) in [7, 11) is 0. The van der Waals surface area contributed by atoms with Gasteiger partial charge in [-0.2, -0.15) is 4.57 Å². The first kappa shape index (κ1) is 11.9. The number of pyridine rings is 1. The molecule has 0 radical (unpaired) electrons. The van der Waals surface area contributed by atoms with Gasteiger partial charge in [0.05, 0.1) is 0 Å². The van der Waals surface area contributed by atoms with Crippen LogP contribution in [-0.2, 0) is 0 Å². The summed E-state index contributed by atoms with van der Waals surface area (Å²) in [6.45, 7) is 7.12. The fraction of sp³-hybridized carbons (Fsp3) is 0.462. The van der Waals surface area contributed by atoms with Crippen LogP contribution < -0.4 is 9.88 Å². The van der Waals surface area contributed by atoms with E-state index in [2.05, 4.69) is 35.8 Å². The Kier molecular flexibility index (Phi) is 5.71. The van der Waals surface area contributed by atoms with Gasteiger partial charge < -0.3 is 0 Å². The average molecular weight is 205 g/mol. The summed E-state index contributed by atoms with van der Waals surface area (Å²) in [5.74, 6) is 0. The van der Waals surface area contributed by atoms with Crippen LogP contribution in [0.25, 0.3) is 0 Å². The highest BCUT2D eigenvalue weighted by Crippen LogP contribution is 1.96. The van der Waals surface area contributed by atoms with Gasteiger partial charge in [-0.05, 0) is 12.5 Å². The molecule has 0 spiro atoms. The Hall–Kier alpha value is -1.15. The molecule has 0 saturated carbocycles. The smallest absolute Gasteiger partial charge is 0.230 e. The molecule has 0 fully saturated rings. The Balaban J connectivity index is 2.39. The van der Waals surface area contributed by atoms with Crippen molar-refractivity contribution in [3.05, 3.63) is 43.2 Å². The Bertz CT molecular complexity index is 269. The van der Waals surface area contributed by atoms with Crippen molar-refractivity contribution in [3.63, 3.8) is 0 Å². The molecule has 1 heterocycles. The first-order valence-electron chi connectivity index (χ1n) is 5.70. The normalized spacial score (nSPS) is 12.3. The van der Waals surface area contributed by atoms with Gasteiger partial charge in [0.2, 0.25) is 6.17 Å². The zero-order valence-electron chi connectivity index (χ0n) is 9.52. The predicted molar refractivity (Wildman–Crippen MR) is 63.4 cm³/mol. The first-order chi connectivity index (χ1) is 7.38. The van der Waals surface area contributed by atoms with Crippen LogP contribution in [0.5, 0.6) is 0 Å². The standard InChI is InChI=1S/C13H21N2/c1-3-5-7-10-14-13(4-2)15-11-8-6-9-12-15/h4,6,8-9,11-14H,2-3,5,7,10H2,1H3/q+1. The maximum absolute atomic E-state index is 3.85. The van der Waals surface area contributed by atoms with E-state index in [4.69, 9.17) is 0 Å². The lowest BCUT2D eigenvalue weighted by atomic mass is 10.2. The van der Waals surface area contributed by atoms with Crippen molar-refractivity contribution in [1.82, 2.24) is 5.32 Å². The lowest BCUT2D eigenvalue weighted by Gasteiger charge is -2.09. The molecule has 1 atom stereocenters. The van der Waals surface area contributed by atoms with Crippen LogP contribution in [-0.4, -0.2) is 6.54 Å². The third-order valence-corrected chi connectivity index (χ3v) is 2.42. The van der Waals surface area contributed by atoms with Crippen molar-refractivity contribution in [3.8, 4) is 0 Å². The van der Waals surface area contributed by atoms with Crippen LogP contribution in [0.3, 0.4) is 0 Å². The lowest BCUT2D eigenvalue weighted by molar-refractivity contribution is -0.717. The van der Waals surface area contributed by atoms with Crippen LogP contribution in [0.4, 0.5) is 0 Å². The SMILES string of the molecule is C=CC(NCCCCC)[n+]1ccccc1. The maximum atomic E-state index is 3.85. The van der Waals surface area contributed by atoms with E-state index < -0.39 is 0 Å². The highest BCUT2D eigenvalue weighted by Gasteiger charge is 2.10. The maximum Gasteiger partial charge on any atom is 0.230 e. The predicted octanol–water partition coefficient (Wildman–Crippen LogP) is 2.44. The van der Waals surface area contributed by atoms with Crippen molar-refractivity contribution in [1.29, 1.82) is 0 Å². The van der Waals surface area contributed by atoms with Crippen LogP contribution in [0.2, 0.25) is 0 Å². The average Bonchev–Trinajstić information content (AvgIpc) is 2.30. The molecular formula is C13H21N2+. The molecule has 0 amide bonds. The van der Waals surface area contributed by atoms with Gasteiger partial charge in [-0.3, -0.25) is 5.32 Å². The fourth-order valence-electron chi connectivity index (χ4n) is 1.53. The van der Waals surface area contributed by atoms with Crippen molar-refractivity contribution in [2.24, 2.45) is 0 Å². The molecule has 1 aromatic rings. The van der Waals surface area contributed by atoms with Crippen molar-refractivity contribution >= 4 is 0 Å². The Morgan fingerprint density at radius 3 is 2.60 bits per heavy atom. The summed E-state index contributed by atoms with van der Waals surface area (Å²) in [5, 5.41) is 3.47. The molecule has 2 heteroatoms. The van der Waals surface area contributed by atoms with Crippen LogP contribution >= 0.6 is 0 Å². The van der Waals surface area contributed by atoms with Crippen LogP contribution in [0.1, 0.15) is 32.4 Å². The van der Waals surface area contributed by atoms with Gasteiger partial charge in [-0.15, -0.1) is 0 Å². The molecule has 0 aliphatic carbocycles. The summed E-state index contributed by atoms with van der Waals surface area (Å²) in [4.78, 5) is 0. The topological polar surface area (TPSA) is 15.9 Å². The molecule has 0 aliphatic heterocycles. The van der Waals surface area contributed by atoms with E-state index in [1.165, 1.54) is 19.3 Å². The number of hydrogen-bond acceptors (Lipinski definition) is 1. The zero-order valence-corrected chi connectivity index (χ0v) is 9.52. The third-order valence-electron chi connectivity index (χ3n) is 2.42. The largest absolute Gasteiger partial charge is 0.255 e. The molecule has 2 nitrogen and oxygen atoms in total. The van der Waals surface area contributed by atoms with E-state index in [1.807, 2.05) is 24.3 Å². The summed E-state index contributed by atoms with van der Waals surface area (Å²) in [6, 6.07) is 6.09. The van der Waals surface area contributed by atoms with Gasteiger partial charge in [-0.25, -0.2) is 0 Å². The van der Waals surface area contributed by atoms with Crippen molar-refractivity contribution < 1.29 is 4.57 Å². The van der Waals surface area contributed by atoms with E-state index in [0.717, 1.165) is 6.54 Å². The number of nitrogens with zero attached hydrogens (tertiary/aromatic N) is 1. The van der Waals surface area contributed by atoms with E-state index in [-0.39, 0.29) is 6.17 Å². The quantitative estimate of drug-likeness (QED) is 0.411. The molecule has 82 valence electrons. The molecule has 15 heavy (non-hydrogen) atoms. The second-order valence-electron chi connectivity index (χ2n) is 3.66. The molecule has 0 aliphatic rings. The van der Waals surface area contributed by atoms with E-state index in [0.29, 0.717) is 0 Å². The van der Waals surface area contributed by atoms with E-state index in [1.54, 1.807) is 0 Å². The van der Waals surface area contributed by atoms with Gasteiger partial charge in [0, 0.05) is 18.7 Å². The molecule has 1 unspecified atom stereocenters. The highest BCUT2D eigenvalue weighted by molar-refractivity contribution is 4.85. The molecule has 1 rings (SSSR count). The molecule has 0 aromatic carbocycles. The number of rotatable bonds is 7. The minimum Gasteiger partial charge on any atom is -0.255 e. The van der Waals surface area contributed by atoms with Gasteiger partial charge >= 0.3 is 0 Å². The second-order valence-corrected chi connectivity index (χ2v) is 3.66. The minimum atomic E-state index is 0.211. The van der Waals surface area contributed by atoms with Crippen molar-refractivity contribution in [2.45, 2.75) is 32.4 Å². The van der Waals surface area contributed by atoms with E-state index in [9.17, 15) is 0 Å². The Labute approximate surface area is 92.6 Å².